The highest BCUT2D eigenvalue weighted by Gasteiger charge is 2.03. The molecule has 2 rings (SSSR count). The van der Waals surface area contributed by atoms with Crippen molar-refractivity contribution < 1.29 is 9.90 Å². The van der Waals surface area contributed by atoms with E-state index in [4.69, 9.17) is 5.11 Å². The van der Waals surface area contributed by atoms with E-state index in [2.05, 4.69) is 9.97 Å². The van der Waals surface area contributed by atoms with E-state index in [0.717, 1.165) is 0 Å². The molecule has 0 fully saturated rings. The Balaban J connectivity index is 0.00000112. The first-order chi connectivity index (χ1) is 6.77. The fourth-order valence-corrected chi connectivity index (χ4v) is 1.06. The fourth-order valence-electron chi connectivity index (χ4n) is 1.06. The van der Waals surface area contributed by atoms with Gasteiger partial charge in [-0.3, -0.25) is 4.57 Å². The molecule has 15 heavy (non-hydrogen) atoms. The highest BCUT2D eigenvalue weighted by atomic mass is 35.5. The molecule has 0 amide bonds. The molecule has 0 aromatic carbocycles. The van der Waals surface area contributed by atoms with Crippen molar-refractivity contribution in [2.24, 2.45) is 0 Å². The average molecular weight is 226 g/mol. The molecule has 0 aliphatic carbocycles. The van der Waals surface area contributed by atoms with Crippen LogP contribution in [0.2, 0.25) is 0 Å². The van der Waals surface area contributed by atoms with Crippen LogP contribution in [0.3, 0.4) is 0 Å². The average Bonchev–Trinajstić information content (AvgIpc) is 2.71. The summed E-state index contributed by atoms with van der Waals surface area (Å²) in [5.41, 5.74) is 0.175. The van der Waals surface area contributed by atoms with Crippen molar-refractivity contribution in [2.75, 3.05) is 0 Å². The summed E-state index contributed by atoms with van der Waals surface area (Å²) in [6.07, 6.45) is 6.29. The zero-order valence-electron chi connectivity index (χ0n) is 7.57. The Morgan fingerprint density at radius 3 is 2.67 bits per heavy atom. The summed E-state index contributed by atoms with van der Waals surface area (Å²) >= 11 is 0. The third kappa shape index (κ3) is 2.32. The van der Waals surface area contributed by atoms with Crippen LogP contribution in [0, 0.1) is 0 Å². The van der Waals surface area contributed by atoms with Gasteiger partial charge in [0.2, 0.25) is 0 Å². The number of carboxylic acid groups (broad SMARTS) is 1. The molecule has 0 spiro atoms. The van der Waals surface area contributed by atoms with Crippen LogP contribution in [-0.2, 0) is 0 Å². The second kappa shape index (κ2) is 4.56. The number of carboxylic acids is 1. The molecule has 0 saturated heterocycles. The number of nitrogens with zero attached hydrogens (tertiary/aromatic N) is 3. The van der Waals surface area contributed by atoms with E-state index in [0.29, 0.717) is 5.82 Å². The number of pyridine rings is 1. The smallest absolute Gasteiger partial charge is 0.337 e. The molecule has 6 heteroatoms. The Morgan fingerprint density at radius 2 is 2.20 bits per heavy atom. The summed E-state index contributed by atoms with van der Waals surface area (Å²) in [5, 5.41) is 8.65. The first-order valence-corrected chi connectivity index (χ1v) is 3.95. The van der Waals surface area contributed by atoms with Crippen LogP contribution in [0.1, 0.15) is 10.4 Å². The van der Waals surface area contributed by atoms with Crippen LogP contribution in [0.25, 0.3) is 5.82 Å². The van der Waals surface area contributed by atoms with Crippen molar-refractivity contribution in [1.29, 1.82) is 0 Å². The number of carbonyl (C=O) groups is 1. The van der Waals surface area contributed by atoms with Crippen molar-refractivity contribution in [1.82, 2.24) is 14.5 Å². The van der Waals surface area contributed by atoms with Crippen LogP contribution in [0.15, 0.2) is 37.1 Å². The van der Waals surface area contributed by atoms with E-state index in [1.54, 1.807) is 29.4 Å². The second-order valence-corrected chi connectivity index (χ2v) is 2.68. The van der Waals surface area contributed by atoms with Gasteiger partial charge in [0.25, 0.3) is 0 Å². The van der Waals surface area contributed by atoms with Gasteiger partial charge in [0.1, 0.15) is 12.1 Å². The summed E-state index contributed by atoms with van der Waals surface area (Å²) in [7, 11) is 0. The molecular formula is C9H8ClN3O2. The molecule has 0 bridgehead atoms. The van der Waals surface area contributed by atoms with Crippen molar-refractivity contribution in [2.45, 2.75) is 0 Å². The topological polar surface area (TPSA) is 68.0 Å². The lowest BCUT2D eigenvalue weighted by atomic mass is 10.3. The van der Waals surface area contributed by atoms with Gasteiger partial charge in [-0.2, -0.15) is 0 Å². The van der Waals surface area contributed by atoms with Crippen LogP contribution >= 0.6 is 12.4 Å². The predicted molar refractivity (Wildman–Crippen MR) is 55.6 cm³/mol. The summed E-state index contributed by atoms with van der Waals surface area (Å²) in [6, 6.07) is 3.13. The highest BCUT2D eigenvalue weighted by molar-refractivity contribution is 5.87. The van der Waals surface area contributed by atoms with Crippen LogP contribution in [0.4, 0.5) is 0 Å². The maximum atomic E-state index is 10.5. The zero-order valence-corrected chi connectivity index (χ0v) is 8.39. The van der Waals surface area contributed by atoms with Crippen LogP contribution < -0.4 is 0 Å². The summed E-state index contributed by atoms with van der Waals surface area (Å²) in [4.78, 5) is 18.4. The molecular weight excluding hydrogens is 218 g/mol. The van der Waals surface area contributed by atoms with E-state index in [1.807, 2.05) is 0 Å². The molecule has 1 N–H and O–H groups in total. The Hall–Kier alpha value is -1.88. The largest absolute Gasteiger partial charge is 0.478 e. The molecule has 0 atom stereocenters. The number of imidazole rings is 1. The van der Waals surface area contributed by atoms with Crippen molar-refractivity contribution in [3.63, 3.8) is 0 Å². The van der Waals surface area contributed by atoms with Gasteiger partial charge in [0, 0.05) is 18.6 Å². The minimum atomic E-state index is -0.977. The molecule has 0 aliphatic heterocycles. The van der Waals surface area contributed by atoms with Gasteiger partial charge < -0.3 is 5.11 Å². The highest BCUT2D eigenvalue weighted by Crippen LogP contribution is 2.04. The third-order valence-corrected chi connectivity index (χ3v) is 1.76. The lowest BCUT2D eigenvalue weighted by molar-refractivity contribution is 0.0696. The lowest BCUT2D eigenvalue weighted by Gasteiger charge is -2.00. The molecule has 0 aliphatic rings. The minimum absolute atomic E-state index is 0. The standard InChI is InChI=1S/C9H7N3O2.ClH/c13-9(14)7-1-2-8(11-5-7)12-4-3-10-6-12;/h1-6H,(H,13,14);1H. The Bertz CT molecular complexity index is 439. The molecule has 0 unspecified atom stereocenters. The Morgan fingerprint density at radius 1 is 1.40 bits per heavy atom. The fraction of sp³-hybridized carbons (Fsp3) is 0. The van der Waals surface area contributed by atoms with Gasteiger partial charge in [-0.25, -0.2) is 14.8 Å². The first kappa shape index (κ1) is 11.2. The minimum Gasteiger partial charge on any atom is -0.478 e. The monoisotopic (exact) mass is 225 g/mol. The van der Waals surface area contributed by atoms with Gasteiger partial charge in [-0.05, 0) is 12.1 Å². The van der Waals surface area contributed by atoms with E-state index in [9.17, 15) is 4.79 Å². The van der Waals surface area contributed by atoms with Gasteiger partial charge >= 0.3 is 5.97 Å². The quantitative estimate of drug-likeness (QED) is 0.839. The molecule has 5 nitrogen and oxygen atoms in total. The van der Waals surface area contributed by atoms with Gasteiger partial charge in [0.15, 0.2) is 0 Å². The first-order valence-electron chi connectivity index (χ1n) is 3.95. The number of hydrogen-bond acceptors (Lipinski definition) is 3. The summed E-state index contributed by atoms with van der Waals surface area (Å²) < 4.78 is 1.70. The molecule has 2 heterocycles. The molecule has 2 aromatic rings. The van der Waals surface area contributed by atoms with Crippen LogP contribution in [-0.4, -0.2) is 25.6 Å². The number of halogens is 1. The zero-order chi connectivity index (χ0) is 9.97. The van der Waals surface area contributed by atoms with E-state index < -0.39 is 5.97 Å². The van der Waals surface area contributed by atoms with E-state index >= 15 is 0 Å². The van der Waals surface area contributed by atoms with E-state index in [-0.39, 0.29) is 18.0 Å². The van der Waals surface area contributed by atoms with Crippen LogP contribution in [0.5, 0.6) is 0 Å². The van der Waals surface area contributed by atoms with Gasteiger partial charge in [-0.1, -0.05) is 0 Å². The van der Waals surface area contributed by atoms with Crippen molar-refractivity contribution in [3.8, 4) is 5.82 Å². The molecule has 0 radical (unpaired) electrons. The third-order valence-electron chi connectivity index (χ3n) is 1.76. The Labute approximate surface area is 91.8 Å². The molecule has 2 aromatic heterocycles. The molecule has 0 saturated carbocycles. The maximum Gasteiger partial charge on any atom is 0.337 e. The predicted octanol–water partition coefficient (Wildman–Crippen LogP) is 1.39. The normalized spacial score (nSPS) is 9.33. The van der Waals surface area contributed by atoms with Gasteiger partial charge in [-0.15, -0.1) is 12.4 Å². The summed E-state index contributed by atoms with van der Waals surface area (Å²) in [5.74, 6) is -0.331. The second-order valence-electron chi connectivity index (χ2n) is 2.68. The number of aromatic carboxylic acids is 1. The SMILES string of the molecule is Cl.O=C(O)c1ccc(-n2ccnc2)nc1. The van der Waals surface area contributed by atoms with Crippen molar-refractivity contribution in [3.05, 3.63) is 42.6 Å². The van der Waals surface area contributed by atoms with E-state index in [1.165, 1.54) is 12.3 Å². The molecule has 78 valence electrons. The number of hydrogen-bond donors (Lipinski definition) is 1. The Kier molecular flexibility index (Phi) is 3.41. The number of rotatable bonds is 2. The lowest BCUT2D eigenvalue weighted by Crippen LogP contribution is -1.99. The summed E-state index contributed by atoms with van der Waals surface area (Å²) in [6.45, 7) is 0. The maximum absolute atomic E-state index is 10.5. The van der Waals surface area contributed by atoms with Crippen molar-refractivity contribution >= 4 is 18.4 Å². The number of aromatic nitrogens is 3. The van der Waals surface area contributed by atoms with Gasteiger partial charge in [0.05, 0.1) is 5.56 Å².